The van der Waals surface area contributed by atoms with Crippen LogP contribution in [0.2, 0.25) is 0 Å². The first kappa shape index (κ1) is 14.9. The minimum atomic E-state index is 0.757. The van der Waals surface area contributed by atoms with E-state index in [9.17, 15) is 0 Å². The first-order valence-corrected chi connectivity index (χ1v) is 7.19. The summed E-state index contributed by atoms with van der Waals surface area (Å²) >= 11 is 0. The molecule has 0 aromatic rings. The van der Waals surface area contributed by atoms with E-state index in [1.165, 1.54) is 38.8 Å². The minimum absolute atomic E-state index is 0.757. The van der Waals surface area contributed by atoms with E-state index < -0.39 is 0 Å². The lowest BCUT2D eigenvalue weighted by Crippen LogP contribution is -2.37. The van der Waals surface area contributed by atoms with E-state index in [4.69, 9.17) is 4.74 Å². The quantitative estimate of drug-likeness (QED) is 0.660. The third-order valence-corrected chi connectivity index (χ3v) is 3.48. The monoisotopic (exact) mass is 242 g/mol. The fourth-order valence-electron chi connectivity index (χ4n) is 2.31. The molecular formula is C14H30N2O. The molecule has 1 heterocycles. The Labute approximate surface area is 107 Å². The van der Waals surface area contributed by atoms with Crippen LogP contribution < -0.4 is 5.32 Å². The van der Waals surface area contributed by atoms with Gasteiger partial charge in [-0.05, 0) is 58.3 Å². The smallest absolute Gasteiger partial charge is 0.0480 e. The standard InChI is InChI=1S/C14H30N2O/c1-13(2)12-15-8-4-5-9-16(3)14-6-10-17-11-7-14/h13-15H,4-12H2,1-3H3. The van der Waals surface area contributed by atoms with Crippen molar-refractivity contribution in [3.8, 4) is 0 Å². The predicted octanol–water partition coefficient (Wildman–Crippen LogP) is 2.12. The average molecular weight is 242 g/mol. The second kappa shape index (κ2) is 8.90. The Morgan fingerprint density at radius 2 is 1.94 bits per heavy atom. The van der Waals surface area contributed by atoms with Gasteiger partial charge in [-0.15, -0.1) is 0 Å². The maximum absolute atomic E-state index is 5.39. The second-order valence-electron chi connectivity index (χ2n) is 5.63. The Kier molecular flexibility index (Phi) is 7.82. The van der Waals surface area contributed by atoms with Gasteiger partial charge in [-0.3, -0.25) is 0 Å². The number of nitrogens with one attached hydrogen (secondary N) is 1. The largest absolute Gasteiger partial charge is 0.381 e. The molecule has 0 aliphatic carbocycles. The molecule has 1 N–H and O–H groups in total. The van der Waals surface area contributed by atoms with Crippen molar-refractivity contribution in [3.63, 3.8) is 0 Å². The molecule has 1 aliphatic heterocycles. The maximum atomic E-state index is 5.39. The van der Waals surface area contributed by atoms with Crippen molar-refractivity contribution >= 4 is 0 Å². The highest BCUT2D eigenvalue weighted by Gasteiger charge is 2.17. The number of hydrogen-bond acceptors (Lipinski definition) is 3. The average Bonchev–Trinajstić information content (AvgIpc) is 2.34. The van der Waals surface area contributed by atoms with E-state index >= 15 is 0 Å². The van der Waals surface area contributed by atoms with E-state index in [1.807, 2.05) is 0 Å². The Hall–Kier alpha value is -0.120. The second-order valence-corrected chi connectivity index (χ2v) is 5.63. The van der Waals surface area contributed by atoms with Crippen molar-refractivity contribution in [2.75, 3.05) is 39.9 Å². The molecule has 3 nitrogen and oxygen atoms in total. The van der Waals surface area contributed by atoms with Crippen molar-refractivity contribution in [2.24, 2.45) is 5.92 Å². The minimum Gasteiger partial charge on any atom is -0.381 e. The molecule has 1 rings (SSSR count). The lowest BCUT2D eigenvalue weighted by atomic mass is 10.1. The summed E-state index contributed by atoms with van der Waals surface area (Å²) in [5.41, 5.74) is 0. The van der Waals surface area contributed by atoms with Crippen molar-refractivity contribution in [1.82, 2.24) is 10.2 Å². The molecule has 0 amide bonds. The third-order valence-electron chi connectivity index (χ3n) is 3.48. The fraction of sp³-hybridized carbons (Fsp3) is 1.00. The van der Waals surface area contributed by atoms with Crippen LogP contribution in [-0.4, -0.2) is 50.8 Å². The molecule has 1 saturated heterocycles. The zero-order chi connectivity index (χ0) is 12.5. The summed E-state index contributed by atoms with van der Waals surface area (Å²) in [6.07, 6.45) is 5.02. The van der Waals surface area contributed by atoms with Gasteiger partial charge in [0.15, 0.2) is 0 Å². The molecule has 0 radical (unpaired) electrons. The summed E-state index contributed by atoms with van der Waals surface area (Å²) in [4.78, 5) is 2.52. The number of hydrogen-bond donors (Lipinski definition) is 1. The summed E-state index contributed by atoms with van der Waals surface area (Å²) in [7, 11) is 2.26. The van der Waals surface area contributed by atoms with Crippen LogP contribution in [0.15, 0.2) is 0 Å². The first-order chi connectivity index (χ1) is 8.20. The van der Waals surface area contributed by atoms with E-state index in [0.717, 1.165) is 31.7 Å². The normalized spacial score (nSPS) is 18.2. The van der Waals surface area contributed by atoms with Crippen molar-refractivity contribution in [3.05, 3.63) is 0 Å². The van der Waals surface area contributed by atoms with Gasteiger partial charge in [-0.25, -0.2) is 0 Å². The predicted molar refractivity (Wildman–Crippen MR) is 73.4 cm³/mol. The van der Waals surface area contributed by atoms with Gasteiger partial charge in [0.1, 0.15) is 0 Å². The third kappa shape index (κ3) is 7.02. The summed E-state index contributed by atoms with van der Waals surface area (Å²) in [5, 5.41) is 3.50. The number of ether oxygens (including phenoxy) is 1. The number of unbranched alkanes of at least 4 members (excludes halogenated alkanes) is 1. The molecule has 17 heavy (non-hydrogen) atoms. The van der Waals surface area contributed by atoms with Gasteiger partial charge in [0.05, 0.1) is 0 Å². The molecule has 3 heteroatoms. The molecule has 102 valence electrons. The molecule has 0 spiro atoms. The van der Waals surface area contributed by atoms with Gasteiger partial charge in [0, 0.05) is 19.3 Å². The SMILES string of the molecule is CC(C)CNCCCCN(C)C1CCOCC1. The Morgan fingerprint density at radius 3 is 2.59 bits per heavy atom. The molecule has 0 aromatic heterocycles. The van der Waals surface area contributed by atoms with Crippen LogP contribution in [0.25, 0.3) is 0 Å². The van der Waals surface area contributed by atoms with Crippen LogP contribution >= 0.6 is 0 Å². The zero-order valence-corrected chi connectivity index (χ0v) is 11.9. The lowest BCUT2D eigenvalue weighted by Gasteiger charge is -2.31. The van der Waals surface area contributed by atoms with E-state index in [2.05, 4.69) is 31.1 Å². The van der Waals surface area contributed by atoms with Crippen molar-refractivity contribution in [1.29, 1.82) is 0 Å². The van der Waals surface area contributed by atoms with Crippen LogP contribution in [0.5, 0.6) is 0 Å². The maximum Gasteiger partial charge on any atom is 0.0480 e. The first-order valence-electron chi connectivity index (χ1n) is 7.19. The van der Waals surface area contributed by atoms with Gasteiger partial charge in [0.2, 0.25) is 0 Å². The number of nitrogens with zero attached hydrogens (tertiary/aromatic N) is 1. The van der Waals surface area contributed by atoms with Gasteiger partial charge in [-0.2, -0.15) is 0 Å². The Morgan fingerprint density at radius 1 is 1.24 bits per heavy atom. The van der Waals surface area contributed by atoms with Crippen LogP contribution in [0.4, 0.5) is 0 Å². The lowest BCUT2D eigenvalue weighted by molar-refractivity contribution is 0.0426. The van der Waals surface area contributed by atoms with Gasteiger partial charge >= 0.3 is 0 Å². The van der Waals surface area contributed by atoms with Gasteiger partial charge < -0.3 is 15.0 Å². The van der Waals surface area contributed by atoms with Gasteiger partial charge in [-0.1, -0.05) is 13.8 Å². The highest BCUT2D eigenvalue weighted by molar-refractivity contribution is 4.71. The van der Waals surface area contributed by atoms with E-state index in [1.54, 1.807) is 0 Å². The fourth-order valence-corrected chi connectivity index (χ4v) is 2.31. The summed E-state index contributed by atoms with van der Waals surface area (Å²) in [6, 6.07) is 0.757. The van der Waals surface area contributed by atoms with Crippen molar-refractivity contribution in [2.45, 2.75) is 45.6 Å². The molecule has 1 fully saturated rings. The van der Waals surface area contributed by atoms with Crippen LogP contribution in [0.1, 0.15) is 39.5 Å². The molecule has 0 atom stereocenters. The van der Waals surface area contributed by atoms with Crippen LogP contribution in [-0.2, 0) is 4.74 Å². The topological polar surface area (TPSA) is 24.5 Å². The highest BCUT2D eigenvalue weighted by atomic mass is 16.5. The van der Waals surface area contributed by atoms with E-state index in [-0.39, 0.29) is 0 Å². The number of rotatable bonds is 8. The van der Waals surface area contributed by atoms with Crippen LogP contribution in [0.3, 0.4) is 0 Å². The summed E-state index contributed by atoms with van der Waals surface area (Å²) in [5.74, 6) is 0.764. The molecular weight excluding hydrogens is 212 g/mol. The Balaban J connectivity index is 1.94. The molecule has 0 unspecified atom stereocenters. The summed E-state index contributed by atoms with van der Waals surface area (Å²) < 4.78 is 5.39. The summed E-state index contributed by atoms with van der Waals surface area (Å²) in [6.45, 7) is 9.96. The van der Waals surface area contributed by atoms with Crippen LogP contribution in [0, 0.1) is 5.92 Å². The zero-order valence-electron chi connectivity index (χ0n) is 11.9. The molecule has 1 aliphatic rings. The molecule has 0 aromatic carbocycles. The van der Waals surface area contributed by atoms with Gasteiger partial charge in [0.25, 0.3) is 0 Å². The van der Waals surface area contributed by atoms with Crippen molar-refractivity contribution < 1.29 is 4.74 Å². The molecule has 0 saturated carbocycles. The highest BCUT2D eigenvalue weighted by Crippen LogP contribution is 2.13. The Bertz CT molecular complexity index is 179. The van der Waals surface area contributed by atoms with E-state index in [0.29, 0.717) is 0 Å². The molecule has 0 bridgehead atoms.